The molecule has 1 aromatic carbocycles. The fourth-order valence-electron chi connectivity index (χ4n) is 3.92. The highest BCUT2D eigenvalue weighted by Gasteiger charge is 2.29. The van der Waals surface area contributed by atoms with Gasteiger partial charge in [0.05, 0.1) is 0 Å². The zero-order valence-electron chi connectivity index (χ0n) is 14.5. The van der Waals surface area contributed by atoms with Crippen LogP contribution in [0.5, 0.6) is 0 Å². The lowest BCUT2D eigenvalue weighted by Crippen LogP contribution is -2.39. The molecular weight excluding hydrogens is 356 g/mol. The van der Waals surface area contributed by atoms with E-state index in [0.717, 1.165) is 35.0 Å². The van der Waals surface area contributed by atoms with Crippen molar-refractivity contribution in [1.29, 1.82) is 0 Å². The zero-order chi connectivity index (χ0) is 18.1. The quantitative estimate of drug-likeness (QED) is 0.791. The number of aromatic nitrogens is 2. The Hall–Kier alpha value is -1.89. The maximum Gasteiger partial charge on any atom is 0.253 e. The lowest BCUT2D eigenvalue weighted by Gasteiger charge is -2.31. The van der Waals surface area contributed by atoms with Crippen LogP contribution >= 0.6 is 11.3 Å². The Morgan fingerprint density at radius 2 is 1.69 bits per heavy atom. The minimum Gasteiger partial charge on any atom is -0.338 e. The second kappa shape index (κ2) is 7.39. The van der Waals surface area contributed by atoms with E-state index in [0.29, 0.717) is 19.0 Å². The van der Waals surface area contributed by atoms with Crippen molar-refractivity contribution in [3.8, 4) is 0 Å². The Labute approximate surface area is 155 Å². The molecule has 1 aliphatic heterocycles. The van der Waals surface area contributed by atoms with Crippen LogP contribution in [0, 0.1) is 11.6 Å². The average Bonchev–Trinajstić information content (AvgIpc) is 3.35. The van der Waals surface area contributed by atoms with Gasteiger partial charge in [-0.15, -0.1) is 21.5 Å². The van der Waals surface area contributed by atoms with E-state index in [1.807, 2.05) is 0 Å². The van der Waals surface area contributed by atoms with Crippen molar-refractivity contribution in [3.05, 3.63) is 45.4 Å². The SMILES string of the molecule is O=C(c1ccc(F)c(F)c1)N1CCCC(c2nnc(C3CCCC3)s2)C1. The molecule has 4 nitrogen and oxygen atoms in total. The number of amides is 1. The summed E-state index contributed by atoms with van der Waals surface area (Å²) in [7, 11) is 0. The predicted molar refractivity (Wildman–Crippen MR) is 95.4 cm³/mol. The van der Waals surface area contributed by atoms with Gasteiger partial charge in [0, 0.05) is 30.5 Å². The smallest absolute Gasteiger partial charge is 0.253 e. The van der Waals surface area contributed by atoms with Crippen LogP contribution in [0.1, 0.15) is 70.7 Å². The number of hydrogen-bond acceptors (Lipinski definition) is 4. The number of rotatable bonds is 3. The number of carbonyl (C=O) groups is 1. The van der Waals surface area contributed by atoms with E-state index in [4.69, 9.17) is 0 Å². The Morgan fingerprint density at radius 3 is 2.42 bits per heavy atom. The molecule has 0 radical (unpaired) electrons. The van der Waals surface area contributed by atoms with Gasteiger partial charge in [0.15, 0.2) is 11.6 Å². The van der Waals surface area contributed by atoms with E-state index >= 15 is 0 Å². The van der Waals surface area contributed by atoms with Crippen molar-refractivity contribution in [3.63, 3.8) is 0 Å². The summed E-state index contributed by atoms with van der Waals surface area (Å²) in [5.41, 5.74) is 0.188. The Bertz CT molecular complexity index is 804. The largest absolute Gasteiger partial charge is 0.338 e. The molecule has 1 atom stereocenters. The van der Waals surface area contributed by atoms with Crippen molar-refractivity contribution in [2.45, 2.75) is 50.4 Å². The first-order chi connectivity index (χ1) is 12.6. The monoisotopic (exact) mass is 377 g/mol. The van der Waals surface area contributed by atoms with Gasteiger partial charge >= 0.3 is 0 Å². The normalized spacial score (nSPS) is 21.3. The molecular formula is C19H21F2N3OS. The van der Waals surface area contributed by atoms with E-state index in [2.05, 4.69) is 10.2 Å². The highest BCUT2D eigenvalue weighted by atomic mass is 32.1. The van der Waals surface area contributed by atoms with Crippen LogP contribution in [-0.2, 0) is 0 Å². The number of likely N-dealkylation sites (tertiary alicyclic amines) is 1. The molecule has 1 saturated heterocycles. The van der Waals surface area contributed by atoms with Crippen molar-refractivity contribution in [2.75, 3.05) is 13.1 Å². The van der Waals surface area contributed by atoms with Crippen LogP contribution in [0.3, 0.4) is 0 Å². The molecule has 26 heavy (non-hydrogen) atoms. The molecule has 1 amide bonds. The summed E-state index contributed by atoms with van der Waals surface area (Å²) in [6.45, 7) is 1.18. The van der Waals surface area contributed by atoms with E-state index in [-0.39, 0.29) is 17.4 Å². The second-order valence-electron chi connectivity index (χ2n) is 7.18. The molecule has 2 fully saturated rings. The molecule has 1 saturated carbocycles. The van der Waals surface area contributed by atoms with Crippen molar-refractivity contribution in [1.82, 2.24) is 15.1 Å². The first-order valence-corrected chi connectivity index (χ1v) is 10.0. The standard InChI is InChI=1S/C19H21F2N3OS/c20-15-8-7-13(10-16(15)21)19(25)24-9-3-6-14(11-24)18-23-22-17(26-18)12-4-1-2-5-12/h7-8,10,12,14H,1-6,9,11H2. The van der Waals surface area contributed by atoms with Crippen LogP contribution in [0.25, 0.3) is 0 Å². The zero-order valence-corrected chi connectivity index (χ0v) is 15.3. The third-order valence-corrected chi connectivity index (χ3v) is 6.63. The highest BCUT2D eigenvalue weighted by Crippen LogP contribution is 2.38. The molecule has 2 aliphatic rings. The minimum atomic E-state index is -0.991. The third kappa shape index (κ3) is 3.49. The van der Waals surface area contributed by atoms with Gasteiger partial charge in [-0.2, -0.15) is 0 Å². The maximum absolute atomic E-state index is 13.4. The fourth-order valence-corrected chi connectivity index (χ4v) is 5.06. The van der Waals surface area contributed by atoms with Crippen LogP contribution in [-0.4, -0.2) is 34.1 Å². The number of nitrogens with zero attached hydrogens (tertiary/aromatic N) is 3. The number of benzene rings is 1. The molecule has 7 heteroatoms. The summed E-state index contributed by atoms with van der Waals surface area (Å²) >= 11 is 1.68. The number of hydrogen-bond donors (Lipinski definition) is 0. The molecule has 1 unspecified atom stereocenters. The topological polar surface area (TPSA) is 46.1 Å². The van der Waals surface area contributed by atoms with Gasteiger partial charge in [0.1, 0.15) is 10.0 Å². The van der Waals surface area contributed by atoms with Gasteiger partial charge in [-0.1, -0.05) is 12.8 Å². The van der Waals surface area contributed by atoms with E-state index in [9.17, 15) is 13.6 Å². The first-order valence-electron chi connectivity index (χ1n) is 9.19. The lowest BCUT2D eigenvalue weighted by atomic mass is 9.98. The summed E-state index contributed by atoms with van der Waals surface area (Å²) in [6.07, 6.45) is 6.76. The molecule has 1 aliphatic carbocycles. The predicted octanol–water partition coefficient (Wildman–Crippen LogP) is 4.49. The summed E-state index contributed by atoms with van der Waals surface area (Å²) in [4.78, 5) is 14.4. The van der Waals surface area contributed by atoms with Crippen molar-refractivity contribution < 1.29 is 13.6 Å². The minimum absolute atomic E-state index is 0.172. The summed E-state index contributed by atoms with van der Waals surface area (Å²) in [6, 6.07) is 3.32. The Morgan fingerprint density at radius 1 is 1.00 bits per heavy atom. The van der Waals surface area contributed by atoms with Gasteiger partial charge in [0.25, 0.3) is 5.91 Å². The van der Waals surface area contributed by atoms with Gasteiger partial charge < -0.3 is 4.90 Å². The molecule has 2 aromatic rings. The van der Waals surface area contributed by atoms with Crippen LogP contribution < -0.4 is 0 Å². The van der Waals surface area contributed by atoms with Crippen LogP contribution in [0.15, 0.2) is 18.2 Å². The molecule has 2 heterocycles. The number of halogens is 2. The lowest BCUT2D eigenvalue weighted by molar-refractivity contribution is 0.0706. The average molecular weight is 377 g/mol. The molecule has 0 spiro atoms. The van der Waals surface area contributed by atoms with Gasteiger partial charge in [0.2, 0.25) is 0 Å². The number of carbonyl (C=O) groups excluding carboxylic acids is 1. The van der Waals surface area contributed by atoms with E-state index in [1.54, 1.807) is 16.2 Å². The van der Waals surface area contributed by atoms with Gasteiger partial charge in [-0.05, 0) is 43.9 Å². The molecule has 4 rings (SSSR count). The van der Waals surface area contributed by atoms with E-state index < -0.39 is 11.6 Å². The van der Waals surface area contributed by atoms with Gasteiger partial charge in [-0.3, -0.25) is 4.79 Å². The molecule has 1 aromatic heterocycles. The van der Waals surface area contributed by atoms with Gasteiger partial charge in [-0.25, -0.2) is 8.78 Å². The first kappa shape index (κ1) is 17.5. The molecule has 0 N–H and O–H groups in total. The maximum atomic E-state index is 13.4. The summed E-state index contributed by atoms with van der Waals surface area (Å²) in [5, 5.41) is 10.9. The fraction of sp³-hybridized carbons (Fsp3) is 0.526. The highest BCUT2D eigenvalue weighted by molar-refractivity contribution is 7.11. The third-order valence-electron chi connectivity index (χ3n) is 5.39. The summed E-state index contributed by atoms with van der Waals surface area (Å²) < 4.78 is 26.5. The second-order valence-corrected chi connectivity index (χ2v) is 8.22. The summed E-state index contributed by atoms with van der Waals surface area (Å²) in [5.74, 6) is -1.47. The van der Waals surface area contributed by atoms with Crippen molar-refractivity contribution in [2.24, 2.45) is 0 Å². The van der Waals surface area contributed by atoms with Crippen LogP contribution in [0.4, 0.5) is 8.78 Å². The van der Waals surface area contributed by atoms with Crippen LogP contribution in [0.2, 0.25) is 0 Å². The molecule has 0 bridgehead atoms. The Balaban J connectivity index is 1.47. The van der Waals surface area contributed by atoms with E-state index in [1.165, 1.54) is 31.7 Å². The number of piperidine rings is 1. The molecule has 138 valence electrons. The Kier molecular flexibility index (Phi) is 4.98. The van der Waals surface area contributed by atoms with Crippen molar-refractivity contribution >= 4 is 17.2 Å².